The van der Waals surface area contributed by atoms with Crippen molar-refractivity contribution in [1.82, 2.24) is 4.90 Å². The summed E-state index contributed by atoms with van der Waals surface area (Å²) < 4.78 is 5.99. The largest absolute Gasteiger partial charge is 0.480 e. The lowest BCUT2D eigenvalue weighted by Crippen LogP contribution is -2.55. The van der Waals surface area contributed by atoms with Crippen LogP contribution in [0.25, 0.3) is 0 Å². The zero-order chi connectivity index (χ0) is 20.0. The van der Waals surface area contributed by atoms with Gasteiger partial charge >= 0.3 is 5.97 Å². The summed E-state index contributed by atoms with van der Waals surface area (Å²) in [6, 6.07) is 3.56. The van der Waals surface area contributed by atoms with Crippen molar-refractivity contribution < 1.29 is 19.4 Å². The number of hydrogen-bond acceptors (Lipinski definition) is 3. The summed E-state index contributed by atoms with van der Waals surface area (Å²) in [6.07, 6.45) is 3.02. The molecule has 1 heterocycles. The molecule has 1 atom stereocenters. The van der Waals surface area contributed by atoms with Gasteiger partial charge in [-0.2, -0.15) is 0 Å². The molecule has 2 aliphatic rings. The number of aliphatic carboxylic acids is 1. The van der Waals surface area contributed by atoms with Crippen molar-refractivity contribution in [3.8, 4) is 0 Å². The molecule has 0 bridgehead atoms. The Kier molecular flexibility index (Phi) is 5.50. The number of hydrogen-bond donors (Lipinski definition) is 1. The molecule has 7 heteroatoms. The van der Waals surface area contributed by atoms with Crippen molar-refractivity contribution in [2.45, 2.75) is 58.2 Å². The van der Waals surface area contributed by atoms with Gasteiger partial charge in [0, 0.05) is 15.6 Å². The van der Waals surface area contributed by atoms with E-state index in [1.807, 2.05) is 0 Å². The fourth-order valence-corrected chi connectivity index (χ4v) is 4.83. The maximum Gasteiger partial charge on any atom is 0.328 e. The van der Waals surface area contributed by atoms with E-state index in [1.165, 1.54) is 17.0 Å². The van der Waals surface area contributed by atoms with Crippen LogP contribution >= 0.6 is 23.2 Å². The van der Waals surface area contributed by atoms with Crippen LogP contribution in [0.15, 0.2) is 18.2 Å². The highest BCUT2D eigenvalue weighted by Crippen LogP contribution is 2.47. The quantitative estimate of drug-likeness (QED) is 0.751. The Hall–Kier alpha value is -1.30. The van der Waals surface area contributed by atoms with E-state index in [0.29, 0.717) is 28.8 Å². The fraction of sp³-hybridized carbons (Fsp3) is 0.600. The van der Waals surface area contributed by atoms with Crippen LogP contribution in [0.1, 0.15) is 56.8 Å². The summed E-state index contributed by atoms with van der Waals surface area (Å²) >= 11 is 12.1. The molecule has 1 amide bonds. The second-order valence-electron chi connectivity index (χ2n) is 8.58. The number of carboxylic acid groups (broad SMARTS) is 1. The lowest BCUT2D eigenvalue weighted by molar-refractivity contribution is -0.144. The first-order valence-electron chi connectivity index (χ1n) is 9.20. The number of halogens is 2. The van der Waals surface area contributed by atoms with E-state index in [4.69, 9.17) is 27.9 Å². The highest BCUT2D eigenvalue weighted by molar-refractivity contribution is 6.35. The Labute approximate surface area is 169 Å². The molecule has 148 valence electrons. The molecule has 1 aromatic rings. The molecule has 1 spiro atoms. The number of carbonyl (C=O) groups excluding carboxylic acids is 1. The standard InChI is InChI=1S/C20H25Cl2NO4/c1-19(2,3)13-4-6-20(7-5-13)23(16(11-27-20)18(25)26)17(24)12-8-14(21)10-15(22)9-12/h8-10,13,16H,4-7,11H2,1-3H3,(H,25,26). The van der Waals surface area contributed by atoms with Gasteiger partial charge in [-0.25, -0.2) is 4.79 Å². The number of benzene rings is 1. The van der Waals surface area contributed by atoms with E-state index in [1.54, 1.807) is 6.07 Å². The molecule has 1 aliphatic carbocycles. The predicted molar refractivity (Wildman–Crippen MR) is 104 cm³/mol. The van der Waals surface area contributed by atoms with Gasteiger partial charge in [0.2, 0.25) is 0 Å². The highest BCUT2D eigenvalue weighted by Gasteiger charge is 2.54. The number of nitrogens with zero attached hydrogens (tertiary/aromatic N) is 1. The molecule has 0 aromatic heterocycles. The van der Waals surface area contributed by atoms with Gasteiger partial charge in [-0.15, -0.1) is 0 Å². The minimum Gasteiger partial charge on any atom is -0.480 e. The first-order chi connectivity index (χ1) is 12.5. The van der Waals surface area contributed by atoms with Crippen LogP contribution < -0.4 is 0 Å². The SMILES string of the molecule is CC(C)(C)C1CCC2(CC1)OCC(C(=O)O)N2C(=O)c1cc(Cl)cc(Cl)c1. The monoisotopic (exact) mass is 413 g/mol. The summed E-state index contributed by atoms with van der Waals surface area (Å²) in [7, 11) is 0. The van der Waals surface area contributed by atoms with Gasteiger partial charge in [0.25, 0.3) is 5.91 Å². The van der Waals surface area contributed by atoms with Gasteiger partial charge in [0.15, 0.2) is 6.04 Å². The average Bonchev–Trinajstić information content (AvgIpc) is 2.91. The normalized spacial score (nSPS) is 28.6. The van der Waals surface area contributed by atoms with Crippen LogP contribution in [0, 0.1) is 11.3 Å². The van der Waals surface area contributed by atoms with Gasteiger partial charge in [0.1, 0.15) is 5.72 Å². The van der Waals surface area contributed by atoms with Crippen LogP contribution in [-0.4, -0.2) is 40.3 Å². The maximum absolute atomic E-state index is 13.3. The third-order valence-corrected chi connectivity index (χ3v) is 6.30. The molecule has 1 aliphatic heterocycles. The summed E-state index contributed by atoms with van der Waals surface area (Å²) in [4.78, 5) is 26.5. The minimum atomic E-state index is -1.06. The minimum absolute atomic E-state index is 0.00441. The molecule has 1 saturated heterocycles. The average molecular weight is 414 g/mol. The fourth-order valence-electron chi connectivity index (χ4n) is 4.31. The lowest BCUT2D eigenvalue weighted by atomic mass is 9.70. The molecular formula is C20H25Cl2NO4. The van der Waals surface area contributed by atoms with Crippen molar-refractivity contribution >= 4 is 35.1 Å². The molecule has 5 nitrogen and oxygen atoms in total. The molecule has 3 rings (SSSR count). The van der Waals surface area contributed by atoms with Crippen molar-refractivity contribution in [2.24, 2.45) is 11.3 Å². The van der Waals surface area contributed by atoms with E-state index in [2.05, 4.69) is 20.8 Å². The summed E-state index contributed by atoms with van der Waals surface area (Å²) in [5.41, 5.74) is -0.431. The number of rotatable bonds is 2. The molecule has 2 fully saturated rings. The Morgan fingerprint density at radius 2 is 1.70 bits per heavy atom. The second-order valence-corrected chi connectivity index (χ2v) is 9.46. The van der Waals surface area contributed by atoms with Gasteiger partial charge in [-0.3, -0.25) is 9.69 Å². The molecule has 0 radical (unpaired) electrons. The van der Waals surface area contributed by atoms with E-state index in [0.717, 1.165) is 12.8 Å². The Balaban J connectivity index is 1.93. The smallest absolute Gasteiger partial charge is 0.328 e. The molecule has 1 saturated carbocycles. The number of carboxylic acids is 1. The topological polar surface area (TPSA) is 66.8 Å². The third kappa shape index (κ3) is 3.96. The molecule has 1 N–H and O–H groups in total. The zero-order valence-corrected chi connectivity index (χ0v) is 17.3. The Morgan fingerprint density at radius 1 is 1.15 bits per heavy atom. The van der Waals surface area contributed by atoms with Crippen molar-refractivity contribution in [2.75, 3.05) is 6.61 Å². The van der Waals surface area contributed by atoms with Crippen LogP contribution in [0.5, 0.6) is 0 Å². The van der Waals surface area contributed by atoms with Crippen molar-refractivity contribution in [3.63, 3.8) is 0 Å². The summed E-state index contributed by atoms with van der Waals surface area (Å²) in [5.74, 6) is -0.960. The van der Waals surface area contributed by atoms with Crippen molar-refractivity contribution in [3.05, 3.63) is 33.8 Å². The Bertz CT molecular complexity index is 731. The molecule has 1 aromatic carbocycles. The van der Waals surface area contributed by atoms with E-state index >= 15 is 0 Å². The van der Waals surface area contributed by atoms with Crippen LogP contribution in [0.2, 0.25) is 10.0 Å². The van der Waals surface area contributed by atoms with Crippen LogP contribution in [-0.2, 0) is 9.53 Å². The van der Waals surface area contributed by atoms with E-state index in [9.17, 15) is 14.7 Å². The summed E-state index contributed by atoms with van der Waals surface area (Å²) in [6.45, 7) is 6.63. The molecular weight excluding hydrogens is 389 g/mol. The number of ether oxygens (including phenoxy) is 1. The number of amides is 1. The van der Waals surface area contributed by atoms with Gasteiger partial charge < -0.3 is 9.84 Å². The predicted octanol–water partition coefficient (Wildman–Crippen LogP) is 4.85. The van der Waals surface area contributed by atoms with Crippen molar-refractivity contribution in [1.29, 1.82) is 0 Å². The second kappa shape index (κ2) is 7.26. The summed E-state index contributed by atoms with van der Waals surface area (Å²) in [5, 5.41) is 10.3. The van der Waals surface area contributed by atoms with Gasteiger partial charge in [-0.05, 0) is 55.2 Å². The van der Waals surface area contributed by atoms with Gasteiger partial charge in [0.05, 0.1) is 6.61 Å². The maximum atomic E-state index is 13.3. The Morgan fingerprint density at radius 3 is 2.19 bits per heavy atom. The first kappa shape index (κ1) is 20.4. The zero-order valence-electron chi connectivity index (χ0n) is 15.8. The molecule has 1 unspecified atom stereocenters. The highest BCUT2D eigenvalue weighted by atomic mass is 35.5. The van der Waals surface area contributed by atoms with Gasteiger partial charge in [-0.1, -0.05) is 44.0 Å². The number of carbonyl (C=O) groups is 2. The first-order valence-corrected chi connectivity index (χ1v) is 9.96. The van der Waals surface area contributed by atoms with E-state index in [-0.39, 0.29) is 17.6 Å². The van der Waals surface area contributed by atoms with E-state index < -0.39 is 23.6 Å². The molecule has 27 heavy (non-hydrogen) atoms. The van der Waals surface area contributed by atoms with Crippen LogP contribution in [0.3, 0.4) is 0 Å². The third-order valence-electron chi connectivity index (χ3n) is 5.87. The van der Waals surface area contributed by atoms with Crippen LogP contribution in [0.4, 0.5) is 0 Å². The lowest BCUT2D eigenvalue weighted by Gasteiger charge is -2.46.